The molecule has 6 heteroatoms. The molecule has 0 unspecified atom stereocenters. The van der Waals surface area contributed by atoms with Gasteiger partial charge in [0.1, 0.15) is 5.82 Å². The number of halogens is 1. The molecule has 126 valence electrons. The lowest BCUT2D eigenvalue weighted by Crippen LogP contribution is -2.42. The minimum Gasteiger partial charge on any atom is -0.318 e. The monoisotopic (exact) mass is 329 g/mol. The molecule has 24 heavy (non-hydrogen) atoms. The first-order chi connectivity index (χ1) is 11.5. The maximum atomic E-state index is 14.2. The van der Waals surface area contributed by atoms with Crippen molar-refractivity contribution < 1.29 is 9.18 Å². The Morgan fingerprint density at radius 2 is 2.04 bits per heavy atom. The molecule has 0 aliphatic carbocycles. The van der Waals surface area contributed by atoms with Gasteiger partial charge in [-0.1, -0.05) is 19.4 Å². The van der Waals surface area contributed by atoms with Crippen LogP contribution in [0.1, 0.15) is 34.8 Å². The zero-order valence-electron chi connectivity index (χ0n) is 13.8. The average molecular weight is 329 g/mol. The van der Waals surface area contributed by atoms with E-state index in [2.05, 4.69) is 5.43 Å². The number of hydrazine groups is 1. The van der Waals surface area contributed by atoms with Gasteiger partial charge in [-0.2, -0.15) is 0 Å². The van der Waals surface area contributed by atoms with Gasteiger partial charge in [-0.05, 0) is 36.1 Å². The first-order valence-electron chi connectivity index (χ1n) is 8.06. The third-order valence-corrected chi connectivity index (χ3v) is 4.22. The minimum absolute atomic E-state index is 0.138. The van der Waals surface area contributed by atoms with Gasteiger partial charge in [0, 0.05) is 25.9 Å². The summed E-state index contributed by atoms with van der Waals surface area (Å²) in [5.74, 6) is -0.635. The van der Waals surface area contributed by atoms with E-state index in [9.17, 15) is 14.0 Å². The van der Waals surface area contributed by atoms with Gasteiger partial charge < -0.3 is 4.57 Å². The Hall–Kier alpha value is -2.63. The van der Waals surface area contributed by atoms with Crippen molar-refractivity contribution in [3.63, 3.8) is 0 Å². The van der Waals surface area contributed by atoms with Gasteiger partial charge in [0.25, 0.3) is 11.5 Å². The van der Waals surface area contributed by atoms with Crippen LogP contribution in [0.15, 0.2) is 35.3 Å². The molecule has 0 spiro atoms. The number of rotatable bonds is 4. The van der Waals surface area contributed by atoms with Crippen LogP contribution < -0.4 is 11.0 Å². The lowest BCUT2D eigenvalue weighted by molar-refractivity contribution is 0.0777. The Bertz CT molecular complexity index is 845. The Kier molecular flexibility index (Phi) is 4.38. The van der Waals surface area contributed by atoms with Gasteiger partial charge >= 0.3 is 0 Å². The Labute approximate surface area is 139 Å². The van der Waals surface area contributed by atoms with Crippen LogP contribution in [0, 0.1) is 5.82 Å². The van der Waals surface area contributed by atoms with E-state index in [0.29, 0.717) is 18.5 Å². The summed E-state index contributed by atoms with van der Waals surface area (Å²) in [6, 6.07) is 6.51. The number of carbonyl (C=O) groups excluding carboxylic acids is 1. The molecule has 1 amide bonds. The number of anilines is 1. The van der Waals surface area contributed by atoms with E-state index < -0.39 is 0 Å². The molecular weight excluding hydrogens is 309 g/mol. The Morgan fingerprint density at radius 1 is 1.25 bits per heavy atom. The number of nitrogens with one attached hydrogen (secondary N) is 1. The van der Waals surface area contributed by atoms with Gasteiger partial charge in [0.15, 0.2) is 0 Å². The van der Waals surface area contributed by atoms with Gasteiger partial charge in [-0.25, -0.2) is 4.39 Å². The summed E-state index contributed by atoms with van der Waals surface area (Å²) in [7, 11) is 1.61. The Balaban J connectivity index is 1.83. The topological polar surface area (TPSA) is 54.3 Å². The van der Waals surface area contributed by atoms with E-state index in [1.807, 2.05) is 13.0 Å². The predicted octanol–water partition coefficient (Wildman–Crippen LogP) is 2.50. The smallest absolute Gasteiger partial charge is 0.273 e. The molecule has 1 aliphatic rings. The second-order valence-electron chi connectivity index (χ2n) is 6.04. The van der Waals surface area contributed by atoms with Crippen molar-refractivity contribution in [2.45, 2.75) is 26.2 Å². The molecule has 1 aliphatic heterocycles. The van der Waals surface area contributed by atoms with Crippen molar-refractivity contribution in [1.82, 2.24) is 9.58 Å². The first-order valence-corrected chi connectivity index (χ1v) is 8.06. The fraction of sp³-hybridized carbons (Fsp3) is 0.333. The van der Waals surface area contributed by atoms with Crippen molar-refractivity contribution in [3.05, 3.63) is 63.3 Å². The summed E-state index contributed by atoms with van der Waals surface area (Å²) in [6.45, 7) is 2.43. The average Bonchev–Trinajstić information content (AvgIpc) is 2.55. The van der Waals surface area contributed by atoms with Crippen LogP contribution in [-0.2, 0) is 19.9 Å². The molecule has 2 heterocycles. The number of fused-ring (bicyclic) bond motifs is 1. The van der Waals surface area contributed by atoms with Crippen LogP contribution in [0.5, 0.6) is 0 Å². The molecule has 1 N–H and O–H groups in total. The number of carbonyl (C=O) groups is 1. The van der Waals surface area contributed by atoms with Crippen molar-refractivity contribution in [2.24, 2.45) is 7.05 Å². The summed E-state index contributed by atoms with van der Waals surface area (Å²) in [5, 5.41) is 1.39. The van der Waals surface area contributed by atoms with Gasteiger partial charge in [-0.15, -0.1) is 0 Å². The molecule has 3 rings (SSSR count). The van der Waals surface area contributed by atoms with Gasteiger partial charge in [0.2, 0.25) is 0 Å². The fourth-order valence-electron chi connectivity index (χ4n) is 2.89. The van der Waals surface area contributed by atoms with Crippen LogP contribution in [0.2, 0.25) is 0 Å². The fourth-order valence-corrected chi connectivity index (χ4v) is 2.89. The number of aromatic nitrogens is 1. The van der Waals surface area contributed by atoms with Crippen molar-refractivity contribution >= 4 is 11.6 Å². The lowest BCUT2D eigenvalue weighted by Gasteiger charge is -2.29. The molecule has 0 bridgehead atoms. The number of nitrogens with zero attached hydrogens (tertiary/aromatic N) is 2. The number of aryl methyl sites for hydroxylation is 2. The zero-order chi connectivity index (χ0) is 17.3. The SMILES string of the molecule is CCCc1ccc(NN2CCc3cc(=O)n(C)cc3C2=O)c(F)c1. The summed E-state index contributed by atoms with van der Waals surface area (Å²) in [4.78, 5) is 24.3. The van der Waals surface area contributed by atoms with E-state index in [0.717, 1.165) is 24.0 Å². The molecule has 2 aromatic rings. The normalized spacial score (nSPS) is 13.8. The maximum Gasteiger partial charge on any atom is 0.273 e. The highest BCUT2D eigenvalue weighted by Gasteiger charge is 2.26. The summed E-state index contributed by atoms with van der Waals surface area (Å²) >= 11 is 0. The molecule has 1 aromatic carbocycles. The van der Waals surface area contributed by atoms with E-state index >= 15 is 0 Å². The number of hydrogen-bond acceptors (Lipinski definition) is 3. The quantitative estimate of drug-likeness (QED) is 0.938. The Morgan fingerprint density at radius 3 is 2.75 bits per heavy atom. The number of benzene rings is 1. The molecule has 0 atom stereocenters. The van der Waals surface area contributed by atoms with Crippen LogP contribution in [0.4, 0.5) is 10.1 Å². The first kappa shape index (κ1) is 16.2. The minimum atomic E-state index is -0.375. The van der Waals surface area contributed by atoms with Gasteiger partial charge in [0.05, 0.1) is 11.3 Å². The standard InChI is InChI=1S/C18H20FN3O2/c1-3-4-12-5-6-16(15(19)9-12)20-22-8-7-13-10-17(23)21(2)11-14(13)18(22)24/h5-6,9-11,20H,3-4,7-8H2,1-2H3. The van der Waals surface area contributed by atoms with E-state index in [1.165, 1.54) is 27.9 Å². The van der Waals surface area contributed by atoms with Crippen LogP contribution in [-0.4, -0.2) is 22.0 Å². The van der Waals surface area contributed by atoms with Crippen LogP contribution in [0.25, 0.3) is 0 Å². The lowest BCUT2D eigenvalue weighted by atomic mass is 10.0. The van der Waals surface area contributed by atoms with E-state index in [-0.39, 0.29) is 23.0 Å². The molecule has 1 aromatic heterocycles. The van der Waals surface area contributed by atoms with Crippen LogP contribution in [0.3, 0.4) is 0 Å². The summed E-state index contributed by atoms with van der Waals surface area (Å²) in [6.07, 6.45) is 3.86. The molecule has 0 radical (unpaired) electrons. The zero-order valence-corrected chi connectivity index (χ0v) is 13.8. The molecule has 0 fully saturated rings. The van der Waals surface area contributed by atoms with Gasteiger partial charge in [-0.3, -0.25) is 20.0 Å². The summed E-state index contributed by atoms with van der Waals surface area (Å²) < 4.78 is 15.6. The third-order valence-electron chi connectivity index (χ3n) is 4.22. The number of amides is 1. The van der Waals surface area contributed by atoms with Crippen LogP contribution >= 0.6 is 0 Å². The predicted molar refractivity (Wildman–Crippen MR) is 90.4 cm³/mol. The van der Waals surface area contributed by atoms with E-state index in [1.54, 1.807) is 13.1 Å². The molecule has 0 saturated carbocycles. The highest BCUT2D eigenvalue weighted by Crippen LogP contribution is 2.21. The third kappa shape index (κ3) is 3.04. The highest BCUT2D eigenvalue weighted by molar-refractivity contribution is 5.97. The molecular formula is C18H20FN3O2. The largest absolute Gasteiger partial charge is 0.318 e. The second-order valence-corrected chi connectivity index (χ2v) is 6.04. The van der Waals surface area contributed by atoms with Crippen molar-refractivity contribution in [2.75, 3.05) is 12.0 Å². The molecule has 0 saturated heterocycles. The second kappa shape index (κ2) is 6.47. The number of pyridine rings is 1. The summed E-state index contributed by atoms with van der Waals surface area (Å²) in [5.41, 5.74) is 5.14. The highest BCUT2D eigenvalue weighted by atomic mass is 19.1. The maximum absolute atomic E-state index is 14.2. The number of hydrogen-bond donors (Lipinski definition) is 1. The van der Waals surface area contributed by atoms with E-state index in [4.69, 9.17) is 0 Å². The van der Waals surface area contributed by atoms with Crippen molar-refractivity contribution in [3.8, 4) is 0 Å². The molecule has 5 nitrogen and oxygen atoms in total. The van der Waals surface area contributed by atoms with Crippen molar-refractivity contribution in [1.29, 1.82) is 0 Å².